The van der Waals surface area contributed by atoms with Gasteiger partial charge in [0.25, 0.3) is 17.4 Å². The zero-order chi connectivity index (χ0) is 25.9. The lowest BCUT2D eigenvalue weighted by Gasteiger charge is -2.11. The molecule has 190 valence electrons. The minimum absolute atomic E-state index is 0.0679. The molecule has 9 heteroatoms. The molecule has 3 aromatic rings. The lowest BCUT2D eigenvalue weighted by Crippen LogP contribution is -2.42. The first-order valence-corrected chi connectivity index (χ1v) is 12.1. The summed E-state index contributed by atoms with van der Waals surface area (Å²) in [6, 6.07) is 12.1. The average Bonchev–Trinajstić information content (AvgIpc) is 2.90. The number of hydrogen-bond donors (Lipinski definition) is 2. The van der Waals surface area contributed by atoms with Crippen molar-refractivity contribution in [3.05, 3.63) is 70.2 Å². The predicted octanol–water partition coefficient (Wildman–Crippen LogP) is 3.86. The van der Waals surface area contributed by atoms with Crippen LogP contribution >= 0.6 is 0 Å². The second-order valence-corrected chi connectivity index (χ2v) is 8.17. The monoisotopic (exact) mass is 492 g/mol. The Labute approximate surface area is 210 Å². The molecule has 0 atom stereocenters. The first-order chi connectivity index (χ1) is 17.5. The van der Waals surface area contributed by atoms with Gasteiger partial charge < -0.3 is 9.47 Å². The summed E-state index contributed by atoms with van der Waals surface area (Å²) < 4.78 is 12.3. The zero-order valence-electron chi connectivity index (χ0n) is 20.9. The molecule has 9 nitrogen and oxygen atoms in total. The summed E-state index contributed by atoms with van der Waals surface area (Å²) in [6.07, 6.45) is 6.49. The Morgan fingerprint density at radius 3 is 2.50 bits per heavy atom. The van der Waals surface area contributed by atoms with Crippen LogP contribution in [0.4, 0.5) is 0 Å². The number of aryl methyl sites for hydroxylation is 1. The molecule has 2 amide bonds. The number of rotatable bonds is 11. The highest BCUT2D eigenvalue weighted by molar-refractivity contribution is 6.05. The van der Waals surface area contributed by atoms with Crippen LogP contribution in [0.1, 0.15) is 55.6 Å². The molecule has 0 aliphatic heterocycles. The molecule has 1 heterocycles. The highest BCUT2D eigenvalue weighted by Gasteiger charge is 2.17. The third-order valence-electron chi connectivity index (χ3n) is 5.43. The van der Waals surface area contributed by atoms with E-state index in [1.165, 1.54) is 10.8 Å². The Morgan fingerprint density at radius 2 is 1.78 bits per heavy atom. The maximum atomic E-state index is 12.9. The second-order valence-electron chi connectivity index (χ2n) is 8.17. The van der Waals surface area contributed by atoms with Crippen LogP contribution in [0.25, 0.3) is 16.8 Å². The minimum atomic E-state index is -0.615. The summed E-state index contributed by atoms with van der Waals surface area (Å²) in [7, 11) is 1.55. The molecule has 2 aromatic carbocycles. The maximum Gasteiger partial charge on any atom is 0.290 e. The fraction of sp³-hybridized carbons (Fsp3) is 0.333. The van der Waals surface area contributed by atoms with Gasteiger partial charge in [0.1, 0.15) is 0 Å². The molecular weight excluding hydrogens is 460 g/mol. The van der Waals surface area contributed by atoms with Crippen molar-refractivity contribution in [2.24, 2.45) is 0 Å². The van der Waals surface area contributed by atoms with Crippen molar-refractivity contribution in [2.75, 3.05) is 13.7 Å². The SMILES string of the molecule is CCCCCn1nc(C(=O)NNC(=O)/C=C/c2ccc(OCCC)c(OC)c2)c2ccccc2c1=O. The Bertz CT molecular complexity index is 1300. The summed E-state index contributed by atoms with van der Waals surface area (Å²) >= 11 is 0. The number of hydrogen-bond acceptors (Lipinski definition) is 6. The number of unbranched alkanes of at least 4 members (excludes halogenated alkanes) is 2. The second kappa shape index (κ2) is 13.1. The van der Waals surface area contributed by atoms with Gasteiger partial charge in [-0.25, -0.2) is 4.68 Å². The fourth-order valence-corrected chi connectivity index (χ4v) is 3.58. The molecule has 0 radical (unpaired) electrons. The zero-order valence-corrected chi connectivity index (χ0v) is 20.9. The van der Waals surface area contributed by atoms with E-state index >= 15 is 0 Å². The van der Waals surface area contributed by atoms with Gasteiger partial charge in [-0.3, -0.25) is 25.2 Å². The van der Waals surface area contributed by atoms with E-state index in [0.29, 0.717) is 35.4 Å². The van der Waals surface area contributed by atoms with Crippen LogP contribution in [0.3, 0.4) is 0 Å². The number of amides is 2. The van der Waals surface area contributed by atoms with E-state index in [-0.39, 0.29) is 11.3 Å². The van der Waals surface area contributed by atoms with Gasteiger partial charge in [-0.1, -0.05) is 51.0 Å². The van der Waals surface area contributed by atoms with E-state index in [4.69, 9.17) is 9.47 Å². The van der Waals surface area contributed by atoms with Crippen molar-refractivity contribution in [3.8, 4) is 11.5 Å². The van der Waals surface area contributed by atoms with Gasteiger partial charge in [0.15, 0.2) is 17.2 Å². The number of carbonyl (C=O) groups is 2. The predicted molar refractivity (Wildman–Crippen MR) is 139 cm³/mol. The first kappa shape index (κ1) is 26.5. The summed E-state index contributed by atoms with van der Waals surface area (Å²) in [5.74, 6) is 0.0424. The van der Waals surface area contributed by atoms with Crippen molar-refractivity contribution >= 4 is 28.7 Å². The molecule has 0 unspecified atom stereocenters. The molecule has 3 rings (SSSR count). The van der Waals surface area contributed by atoms with Crippen molar-refractivity contribution < 1.29 is 19.1 Å². The van der Waals surface area contributed by atoms with Crippen LogP contribution in [0, 0.1) is 0 Å². The largest absolute Gasteiger partial charge is 0.493 e. The molecule has 1 aromatic heterocycles. The van der Waals surface area contributed by atoms with Gasteiger partial charge in [0.2, 0.25) is 0 Å². The van der Waals surface area contributed by atoms with Crippen molar-refractivity contribution in [2.45, 2.75) is 46.1 Å². The lowest BCUT2D eigenvalue weighted by atomic mass is 10.1. The Balaban J connectivity index is 1.70. The van der Waals surface area contributed by atoms with Gasteiger partial charge in [0.05, 0.1) is 19.1 Å². The Kier molecular flexibility index (Phi) is 9.62. The van der Waals surface area contributed by atoms with E-state index in [1.54, 1.807) is 55.7 Å². The van der Waals surface area contributed by atoms with Gasteiger partial charge in [-0.05, 0) is 42.7 Å². The van der Waals surface area contributed by atoms with E-state index < -0.39 is 11.8 Å². The van der Waals surface area contributed by atoms with Crippen LogP contribution in [0.15, 0.2) is 53.3 Å². The van der Waals surface area contributed by atoms with Crippen LogP contribution in [-0.2, 0) is 11.3 Å². The number of nitrogens with one attached hydrogen (secondary N) is 2. The Hall–Kier alpha value is -4.14. The normalized spacial score (nSPS) is 11.0. The van der Waals surface area contributed by atoms with Crippen molar-refractivity contribution in [1.29, 1.82) is 0 Å². The third-order valence-corrected chi connectivity index (χ3v) is 5.43. The standard InChI is InChI=1S/C27H32N4O5/c1-4-6-9-16-31-27(34)21-11-8-7-10-20(21)25(30-31)26(33)29-28-24(32)15-13-19-12-14-22(36-17-5-2)23(18-19)35-3/h7-8,10-15,18H,4-6,9,16-17H2,1-3H3,(H,28,32)(H,29,33)/b15-13+. The van der Waals surface area contributed by atoms with Gasteiger partial charge in [-0.15, -0.1) is 0 Å². The van der Waals surface area contributed by atoms with Crippen molar-refractivity contribution in [1.82, 2.24) is 20.6 Å². The van der Waals surface area contributed by atoms with Crippen LogP contribution in [-0.4, -0.2) is 35.3 Å². The molecule has 2 N–H and O–H groups in total. The van der Waals surface area contributed by atoms with E-state index in [2.05, 4.69) is 22.9 Å². The Morgan fingerprint density at radius 1 is 1.00 bits per heavy atom. The molecule has 36 heavy (non-hydrogen) atoms. The van der Waals surface area contributed by atoms with Crippen molar-refractivity contribution in [3.63, 3.8) is 0 Å². The molecule has 0 spiro atoms. The molecule has 0 bridgehead atoms. The number of nitrogens with zero attached hydrogens (tertiary/aromatic N) is 2. The number of aromatic nitrogens is 2. The molecular formula is C27H32N4O5. The summed E-state index contributed by atoms with van der Waals surface area (Å²) in [6.45, 7) is 5.08. The van der Waals surface area contributed by atoms with Crippen LogP contribution < -0.4 is 25.9 Å². The fourth-order valence-electron chi connectivity index (χ4n) is 3.58. The highest BCUT2D eigenvalue weighted by atomic mass is 16.5. The van der Waals surface area contributed by atoms with Gasteiger partial charge in [0, 0.05) is 18.0 Å². The smallest absolute Gasteiger partial charge is 0.290 e. The van der Waals surface area contributed by atoms with Crippen LogP contribution in [0.2, 0.25) is 0 Å². The summed E-state index contributed by atoms with van der Waals surface area (Å²) in [5.41, 5.74) is 5.30. The number of hydrazine groups is 1. The lowest BCUT2D eigenvalue weighted by molar-refractivity contribution is -0.117. The molecule has 0 saturated heterocycles. The number of fused-ring (bicyclic) bond motifs is 1. The quantitative estimate of drug-likeness (QED) is 0.239. The van der Waals surface area contributed by atoms with E-state index in [9.17, 15) is 14.4 Å². The molecule has 0 fully saturated rings. The topological polar surface area (TPSA) is 112 Å². The van der Waals surface area contributed by atoms with Gasteiger partial charge in [-0.2, -0.15) is 5.10 Å². The molecule has 0 aliphatic carbocycles. The number of ether oxygens (including phenoxy) is 2. The highest BCUT2D eigenvalue weighted by Crippen LogP contribution is 2.28. The summed E-state index contributed by atoms with van der Waals surface area (Å²) in [5, 5.41) is 5.12. The number of benzene rings is 2. The first-order valence-electron chi connectivity index (χ1n) is 12.1. The third kappa shape index (κ3) is 6.71. The van der Waals surface area contributed by atoms with E-state index in [0.717, 1.165) is 31.2 Å². The molecule has 0 aliphatic rings. The molecule has 0 saturated carbocycles. The minimum Gasteiger partial charge on any atom is -0.493 e. The van der Waals surface area contributed by atoms with Crippen LogP contribution in [0.5, 0.6) is 11.5 Å². The average molecular weight is 493 g/mol. The van der Waals surface area contributed by atoms with E-state index in [1.807, 2.05) is 6.92 Å². The maximum absolute atomic E-state index is 12.9. The summed E-state index contributed by atoms with van der Waals surface area (Å²) in [4.78, 5) is 38.0. The number of methoxy groups -OCH3 is 1. The number of carbonyl (C=O) groups excluding carboxylic acids is 2. The van der Waals surface area contributed by atoms with Gasteiger partial charge >= 0.3 is 0 Å².